The summed E-state index contributed by atoms with van der Waals surface area (Å²) in [6, 6.07) is 10.3. The number of likely N-dealkylation sites (tertiary alicyclic amines) is 1. The Balaban J connectivity index is 1.65. The Morgan fingerprint density at radius 2 is 2.10 bits per heavy atom. The Morgan fingerprint density at radius 1 is 1.40 bits per heavy atom. The molecule has 1 heterocycles. The van der Waals surface area contributed by atoms with E-state index in [-0.39, 0.29) is 17.4 Å². The second-order valence-electron chi connectivity index (χ2n) is 6.48. The summed E-state index contributed by atoms with van der Waals surface area (Å²) in [5.41, 5.74) is 1.11. The second kappa shape index (κ2) is 5.21. The van der Waals surface area contributed by atoms with Crippen molar-refractivity contribution in [3.8, 4) is 0 Å². The number of carbonyl (C=O) groups is 1. The zero-order chi connectivity index (χ0) is 14.2. The van der Waals surface area contributed by atoms with Gasteiger partial charge in [-0.15, -0.1) is 0 Å². The largest absolute Gasteiger partial charge is 0.393 e. The minimum atomic E-state index is -0.308. The number of benzene rings is 1. The van der Waals surface area contributed by atoms with Crippen LogP contribution in [0.4, 0.5) is 0 Å². The summed E-state index contributed by atoms with van der Waals surface area (Å²) in [6.45, 7) is 3.37. The van der Waals surface area contributed by atoms with Gasteiger partial charge in [-0.1, -0.05) is 30.3 Å². The van der Waals surface area contributed by atoms with Crippen LogP contribution in [0, 0.1) is 11.3 Å². The Morgan fingerprint density at radius 3 is 2.65 bits per heavy atom. The summed E-state index contributed by atoms with van der Waals surface area (Å²) in [5, 5.41) is 9.67. The zero-order valence-electron chi connectivity index (χ0n) is 12.1. The molecule has 20 heavy (non-hydrogen) atoms. The second-order valence-corrected chi connectivity index (χ2v) is 6.48. The molecular weight excluding hydrogens is 250 g/mol. The molecule has 2 atom stereocenters. The van der Waals surface area contributed by atoms with Gasteiger partial charge >= 0.3 is 0 Å². The summed E-state index contributed by atoms with van der Waals surface area (Å²) in [4.78, 5) is 14.7. The lowest BCUT2D eigenvalue weighted by molar-refractivity contribution is -0.136. The van der Waals surface area contributed by atoms with Crippen molar-refractivity contribution in [2.45, 2.75) is 38.7 Å². The molecule has 0 spiro atoms. The molecule has 1 saturated heterocycles. The average Bonchev–Trinajstić information content (AvgIpc) is 3.05. The van der Waals surface area contributed by atoms with Crippen molar-refractivity contribution < 1.29 is 9.90 Å². The predicted molar refractivity (Wildman–Crippen MR) is 78.2 cm³/mol. The van der Waals surface area contributed by atoms with E-state index in [1.54, 1.807) is 0 Å². The number of nitrogens with zero attached hydrogens (tertiary/aromatic N) is 1. The maximum absolute atomic E-state index is 12.7. The molecule has 2 aliphatic rings. The lowest BCUT2D eigenvalue weighted by Gasteiger charge is -2.24. The van der Waals surface area contributed by atoms with Crippen LogP contribution in [0.15, 0.2) is 30.3 Å². The fraction of sp³-hybridized carbons (Fsp3) is 0.588. The highest BCUT2D eigenvalue weighted by Crippen LogP contribution is 2.50. The van der Waals surface area contributed by atoms with Gasteiger partial charge in [-0.2, -0.15) is 0 Å². The Bertz CT molecular complexity index is 479. The smallest absolute Gasteiger partial charge is 0.229 e. The zero-order valence-corrected chi connectivity index (χ0v) is 12.1. The van der Waals surface area contributed by atoms with Gasteiger partial charge < -0.3 is 10.0 Å². The van der Waals surface area contributed by atoms with Crippen LogP contribution in [0.2, 0.25) is 0 Å². The molecular formula is C17H23NO2. The van der Waals surface area contributed by atoms with Crippen molar-refractivity contribution in [2.75, 3.05) is 13.1 Å². The van der Waals surface area contributed by atoms with Crippen LogP contribution in [0.3, 0.4) is 0 Å². The van der Waals surface area contributed by atoms with E-state index >= 15 is 0 Å². The summed E-state index contributed by atoms with van der Waals surface area (Å²) in [7, 11) is 0. The molecule has 1 amide bonds. The minimum absolute atomic E-state index is 0.144. The van der Waals surface area contributed by atoms with Crippen LogP contribution in [-0.2, 0) is 11.2 Å². The summed E-state index contributed by atoms with van der Waals surface area (Å²) in [5.74, 6) is 0.566. The summed E-state index contributed by atoms with van der Waals surface area (Å²) < 4.78 is 0. The van der Waals surface area contributed by atoms with E-state index in [1.165, 1.54) is 5.56 Å². The van der Waals surface area contributed by atoms with Crippen LogP contribution in [0.5, 0.6) is 0 Å². The van der Waals surface area contributed by atoms with E-state index in [2.05, 4.69) is 12.1 Å². The monoisotopic (exact) mass is 273 g/mol. The van der Waals surface area contributed by atoms with Gasteiger partial charge in [-0.05, 0) is 38.2 Å². The molecule has 3 heteroatoms. The quantitative estimate of drug-likeness (QED) is 0.914. The third-order valence-electron chi connectivity index (χ3n) is 4.89. The Labute approximate surface area is 120 Å². The van der Waals surface area contributed by atoms with Gasteiger partial charge in [0.25, 0.3) is 0 Å². The van der Waals surface area contributed by atoms with E-state index in [4.69, 9.17) is 0 Å². The SMILES string of the molecule is CC(O)C1CCN(C(=O)C2(Cc3ccccc3)CC2)C1. The van der Waals surface area contributed by atoms with Crippen molar-refractivity contribution in [3.63, 3.8) is 0 Å². The average molecular weight is 273 g/mol. The molecule has 0 aromatic heterocycles. The first kappa shape index (κ1) is 13.6. The van der Waals surface area contributed by atoms with Crippen LogP contribution in [0.1, 0.15) is 31.7 Å². The van der Waals surface area contributed by atoms with Gasteiger partial charge in [0.15, 0.2) is 0 Å². The van der Waals surface area contributed by atoms with E-state index in [0.29, 0.717) is 5.91 Å². The van der Waals surface area contributed by atoms with Gasteiger partial charge in [0, 0.05) is 19.0 Å². The molecule has 1 aliphatic heterocycles. The van der Waals surface area contributed by atoms with Crippen LogP contribution in [-0.4, -0.2) is 35.1 Å². The van der Waals surface area contributed by atoms with Crippen molar-refractivity contribution in [1.82, 2.24) is 4.90 Å². The lowest BCUT2D eigenvalue weighted by Crippen LogP contribution is -2.37. The number of hydrogen-bond donors (Lipinski definition) is 1. The number of rotatable bonds is 4. The van der Waals surface area contributed by atoms with E-state index in [0.717, 1.165) is 38.8 Å². The fourth-order valence-corrected chi connectivity index (χ4v) is 3.30. The first-order valence-electron chi connectivity index (χ1n) is 7.62. The number of carbonyl (C=O) groups excluding carboxylic acids is 1. The van der Waals surface area contributed by atoms with Gasteiger partial charge in [-0.25, -0.2) is 0 Å². The first-order valence-corrected chi connectivity index (χ1v) is 7.62. The molecule has 1 saturated carbocycles. The van der Waals surface area contributed by atoms with Crippen LogP contribution >= 0.6 is 0 Å². The van der Waals surface area contributed by atoms with Crippen molar-refractivity contribution in [3.05, 3.63) is 35.9 Å². The Hall–Kier alpha value is -1.35. The predicted octanol–water partition coefficient (Wildman–Crippen LogP) is 2.24. The highest BCUT2D eigenvalue weighted by molar-refractivity contribution is 5.86. The molecule has 3 rings (SSSR count). The normalized spacial score (nSPS) is 25.5. The van der Waals surface area contributed by atoms with Crippen molar-refractivity contribution >= 4 is 5.91 Å². The fourth-order valence-electron chi connectivity index (χ4n) is 3.30. The first-order chi connectivity index (χ1) is 9.61. The highest BCUT2D eigenvalue weighted by Gasteiger charge is 2.52. The molecule has 1 N–H and O–H groups in total. The van der Waals surface area contributed by atoms with Gasteiger partial charge in [0.2, 0.25) is 5.91 Å². The lowest BCUT2D eigenvalue weighted by atomic mass is 9.95. The van der Waals surface area contributed by atoms with Crippen LogP contribution < -0.4 is 0 Å². The molecule has 2 unspecified atom stereocenters. The van der Waals surface area contributed by atoms with Crippen molar-refractivity contribution in [2.24, 2.45) is 11.3 Å². The molecule has 1 aliphatic carbocycles. The van der Waals surface area contributed by atoms with Gasteiger partial charge in [0.1, 0.15) is 0 Å². The molecule has 2 fully saturated rings. The number of hydrogen-bond acceptors (Lipinski definition) is 2. The number of aliphatic hydroxyl groups excluding tert-OH is 1. The van der Waals surface area contributed by atoms with Crippen LogP contribution in [0.25, 0.3) is 0 Å². The van der Waals surface area contributed by atoms with E-state index in [1.807, 2.05) is 30.0 Å². The minimum Gasteiger partial charge on any atom is -0.393 e. The third-order valence-corrected chi connectivity index (χ3v) is 4.89. The Kier molecular flexibility index (Phi) is 3.55. The number of amides is 1. The molecule has 0 radical (unpaired) electrons. The molecule has 1 aromatic carbocycles. The van der Waals surface area contributed by atoms with Gasteiger partial charge in [-0.3, -0.25) is 4.79 Å². The molecule has 0 bridgehead atoms. The highest BCUT2D eigenvalue weighted by atomic mass is 16.3. The number of aliphatic hydroxyl groups is 1. The third kappa shape index (κ3) is 2.59. The standard InChI is InChI=1S/C17H23NO2/c1-13(19)15-7-10-18(12-15)16(20)17(8-9-17)11-14-5-3-2-4-6-14/h2-6,13,15,19H,7-12H2,1H3. The summed E-state index contributed by atoms with van der Waals surface area (Å²) >= 11 is 0. The molecule has 1 aromatic rings. The van der Waals surface area contributed by atoms with E-state index < -0.39 is 0 Å². The molecule has 108 valence electrons. The molecule has 3 nitrogen and oxygen atoms in total. The topological polar surface area (TPSA) is 40.5 Å². The summed E-state index contributed by atoms with van der Waals surface area (Å²) in [6.07, 6.45) is 3.51. The maximum atomic E-state index is 12.7. The van der Waals surface area contributed by atoms with Crippen molar-refractivity contribution in [1.29, 1.82) is 0 Å². The maximum Gasteiger partial charge on any atom is 0.229 e. The van der Waals surface area contributed by atoms with Gasteiger partial charge in [0.05, 0.1) is 11.5 Å². The van der Waals surface area contributed by atoms with E-state index in [9.17, 15) is 9.90 Å².